The number of anilines is 1. The maximum absolute atomic E-state index is 11.7. The summed E-state index contributed by atoms with van der Waals surface area (Å²) in [5, 5.41) is 9.29. The predicted molar refractivity (Wildman–Crippen MR) is 64.3 cm³/mol. The molecular weight excluding hydrogens is 242 g/mol. The lowest BCUT2D eigenvalue weighted by atomic mass is 10.2. The van der Waals surface area contributed by atoms with Crippen molar-refractivity contribution in [3.8, 4) is 0 Å². The number of halogens is 1. The van der Waals surface area contributed by atoms with Gasteiger partial charge in [0.1, 0.15) is 0 Å². The fourth-order valence-electron chi connectivity index (χ4n) is 1.76. The zero-order chi connectivity index (χ0) is 12.6. The molecule has 88 valence electrons. The molecule has 17 heavy (non-hydrogen) atoms. The number of amides is 1. The van der Waals surface area contributed by atoms with E-state index in [1.54, 1.807) is 18.2 Å². The smallest absolute Gasteiger partial charge is 0.332 e. The molecule has 1 amide bonds. The van der Waals surface area contributed by atoms with Gasteiger partial charge in [0.25, 0.3) is 0 Å². The van der Waals surface area contributed by atoms with Crippen LogP contribution >= 0.6 is 11.6 Å². The molecule has 1 N–H and O–H groups in total. The summed E-state index contributed by atoms with van der Waals surface area (Å²) >= 11 is 5.86. The molecule has 1 aromatic carbocycles. The molecule has 4 nitrogen and oxygen atoms in total. The molecule has 0 radical (unpaired) electrons. The van der Waals surface area contributed by atoms with Crippen LogP contribution in [0.4, 0.5) is 5.69 Å². The van der Waals surface area contributed by atoms with E-state index in [0.29, 0.717) is 10.7 Å². The fraction of sp³-hybridized carbons (Fsp3) is 0.167. The van der Waals surface area contributed by atoms with E-state index in [0.717, 1.165) is 5.56 Å². The molecule has 2 rings (SSSR count). The normalized spacial score (nSPS) is 13.7. The molecule has 1 heterocycles. The minimum Gasteiger partial charge on any atom is -0.478 e. The highest BCUT2D eigenvalue weighted by molar-refractivity contribution is 6.31. The summed E-state index contributed by atoms with van der Waals surface area (Å²) in [5.41, 5.74) is 1.51. The number of carboxylic acid groups (broad SMARTS) is 1. The van der Waals surface area contributed by atoms with Crippen molar-refractivity contribution in [2.45, 2.75) is 6.42 Å². The summed E-state index contributed by atoms with van der Waals surface area (Å²) < 4.78 is 0. The van der Waals surface area contributed by atoms with Crippen LogP contribution in [0.1, 0.15) is 5.56 Å². The van der Waals surface area contributed by atoms with Crippen molar-refractivity contribution in [2.75, 3.05) is 11.4 Å². The molecule has 0 saturated heterocycles. The zero-order valence-electron chi connectivity index (χ0n) is 8.94. The quantitative estimate of drug-likeness (QED) is 0.835. The van der Waals surface area contributed by atoms with E-state index in [-0.39, 0.29) is 24.4 Å². The van der Waals surface area contributed by atoms with Gasteiger partial charge in [-0.3, -0.25) is 4.79 Å². The van der Waals surface area contributed by atoms with Gasteiger partial charge in [0.15, 0.2) is 0 Å². The van der Waals surface area contributed by atoms with Crippen LogP contribution in [0, 0.1) is 0 Å². The summed E-state index contributed by atoms with van der Waals surface area (Å²) in [4.78, 5) is 23.9. The topological polar surface area (TPSA) is 57.6 Å². The first kappa shape index (κ1) is 11.7. The van der Waals surface area contributed by atoms with Gasteiger partial charge < -0.3 is 10.0 Å². The van der Waals surface area contributed by atoms with Crippen molar-refractivity contribution in [1.82, 2.24) is 0 Å². The molecule has 1 aliphatic heterocycles. The predicted octanol–water partition coefficient (Wildman–Crippen LogP) is 1.87. The van der Waals surface area contributed by atoms with Gasteiger partial charge in [-0.05, 0) is 17.7 Å². The van der Waals surface area contributed by atoms with Crippen molar-refractivity contribution >= 4 is 29.2 Å². The third-order valence-electron chi connectivity index (χ3n) is 2.63. The Morgan fingerprint density at radius 1 is 1.53 bits per heavy atom. The summed E-state index contributed by atoms with van der Waals surface area (Å²) in [6, 6.07) is 5.15. The molecule has 0 atom stereocenters. The second-order valence-corrected chi connectivity index (χ2v) is 4.27. The van der Waals surface area contributed by atoms with Crippen molar-refractivity contribution in [2.24, 2.45) is 0 Å². The molecule has 1 aromatic rings. The van der Waals surface area contributed by atoms with Crippen LogP contribution in [0.5, 0.6) is 0 Å². The lowest BCUT2D eigenvalue weighted by Crippen LogP contribution is -2.30. The molecule has 1 aliphatic rings. The summed E-state index contributed by atoms with van der Waals surface area (Å²) in [6.07, 6.45) is 0.277. The van der Waals surface area contributed by atoms with E-state index in [9.17, 15) is 9.59 Å². The highest BCUT2D eigenvalue weighted by Gasteiger charge is 2.28. The van der Waals surface area contributed by atoms with Gasteiger partial charge in [0.05, 0.1) is 13.0 Å². The Bertz CT molecular complexity index is 524. The molecule has 0 saturated carbocycles. The van der Waals surface area contributed by atoms with Gasteiger partial charge >= 0.3 is 5.97 Å². The Hall–Kier alpha value is -1.81. The lowest BCUT2D eigenvalue weighted by molar-refractivity contribution is -0.132. The number of carbonyl (C=O) groups is 2. The monoisotopic (exact) mass is 251 g/mol. The number of carboxylic acids is 1. The van der Waals surface area contributed by atoms with E-state index >= 15 is 0 Å². The second kappa shape index (κ2) is 4.22. The Labute approximate surface area is 103 Å². The highest BCUT2D eigenvalue weighted by Crippen LogP contribution is 2.31. The molecule has 0 aliphatic carbocycles. The fourth-order valence-corrected chi connectivity index (χ4v) is 1.93. The Morgan fingerprint density at radius 3 is 2.88 bits per heavy atom. The average molecular weight is 252 g/mol. The van der Waals surface area contributed by atoms with Gasteiger partial charge in [-0.2, -0.15) is 0 Å². The van der Waals surface area contributed by atoms with E-state index in [2.05, 4.69) is 6.58 Å². The standard InChI is InChI=1S/C12H10ClNO3/c1-7(12(16)17)6-14-10-5-9(13)3-2-8(10)4-11(14)15/h2-3,5H,1,4,6H2,(H,16,17). The van der Waals surface area contributed by atoms with Crippen LogP contribution in [0.25, 0.3) is 0 Å². The summed E-state index contributed by atoms with van der Waals surface area (Å²) in [7, 11) is 0. The van der Waals surface area contributed by atoms with Crippen LogP contribution in [0.3, 0.4) is 0 Å². The van der Waals surface area contributed by atoms with Crippen molar-refractivity contribution < 1.29 is 14.7 Å². The Morgan fingerprint density at radius 2 is 2.24 bits per heavy atom. The highest BCUT2D eigenvalue weighted by atomic mass is 35.5. The number of hydrogen-bond donors (Lipinski definition) is 1. The van der Waals surface area contributed by atoms with Crippen LogP contribution in [-0.2, 0) is 16.0 Å². The molecule has 0 unspecified atom stereocenters. The van der Waals surface area contributed by atoms with Gasteiger partial charge in [-0.25, -0.2) is 4.79 Å². The number of fused-ring (bicyclic) bond motifs is 1. The maximum Gasteiger partial charge on any atom is 0.332 e. The Balaban J connectivity index is 2.31. The number of aliphatic carboxylic acids is 1. The molecule has 0 fully saturated rings. The van der Waals surface area contributed by atoms with Crippen LogP contribution in [-0.4, -0.2) is 23.5 Å². The molecule has 0 spiro atoms. The number of rotatable bonds is 3. The molecule has 0 bridgehead atoms. The second-order valence-electron chi connectivity index (χ2n) is 3.84. The van der Waals surface area contributed by atoms with Gasteiger partial charge in [-0.15, -0.1) is 0 Å². The van der Waals surface area contributed by atoms with Crippen LogP contribution < -0.4 is 4.90 Å². The molecule has 5 heteroatoms. The lowest BCUT2D eigenvalue weighted by Gasteiger charge is -2.17. The van der Waals surface area contributed by atoms with Gasteiger partial charge in [0.2, 0.25) is 5.91 Å². The largest absolute Gasteiger partial charge is 0.478 e. The third kappa shape index (κ3) is 2.17. The number of benzene rings is 1. The minimum absolute atomic E-state index is 0.0124. The Kier molecular flexibility index (Phi) is 2.90. The zero-order valence-corrected chi connectivity index (χ0v) is 9.70. The van der Waals surface area contributed by atoms with Crippen LogP contribution in [0.15, 0.2) is 30.4 Å². The minimum atomic E-state index is -1.10. The van der Waals surface area contributed by atoms with Gasteiger partial charge in [0, 0.05) is 16.3 Å². The van der Waals surface area contributed by atoms with E-state index in [1.165, 1.54) is 4.90 Å². The SMILES string of the molecule is C=C(CN1C(=O)Cc2ccc(Cl)cc21)C(=O)O. The first-order valence-electron chi connectivity index (χ1n) is 4.99. The first-order valence-corrected chi connectivity index (χ1v) is 5.36. The maximum atomic E-state index is 11.7. The van der Waals surface area contributed by atoms with Crippen LogP contribution in [0.2, 0.25) is 5.02 Å². The average Bonchev–Trinajstić information content (AvgIpc) is 2.55. The van der Waals surface area contributed by atoms with E-state index in [4.69, 9.17) is 16.7 Å². The van der Waals surface area contributed by atoms with Crippen molar-refractivity contribution in [1.29, 1.82) is 0 Å². The first-order chi connectivity index (χ1) is 7.99. The molecule has 0 aromatic heterocycles. The summed E-state index contributed by atoms with van der Waals surface area (Å²) in [6.45, 7) is 3.41. The third-order valence-corrected chi connectivity index (χ3v) is 2.87. The molecular formula is C12H10ClNO3. The van der Waals surface area contributed by atoms with E-state index < -0.39 is 5.97 Å². The van der Waals surface area contributed by atoms with Crippen molar-refractivity contribution in [3.05, 3.63) is 40.9 Å². The number of hydrogen-bond acceptors (Lipinski definition) is 2. The van der Waals surface area contributed by atoms with Gasteiger partial charge in [-0.1, -0.05) is 24.2 Å². The summed E-state index contributed by atoms with van der Waals surface area (Å²) in [5.74, 6) is -1.24. The number of nitrogens with zero attached hydrogens (tertiary/aromatic N) is 1. The number of carbonyl (C=O) groups excluding carboxylic acids is 1. The van der Waals surface area contributed by atoms with E-state index in [1.807, 2.05) is 0 Å². The van der Waals surface area contributed by atoms with Crippen molar-refractivity contribution in [3.63, 3.8) is 0 Å².